The van der Waals surface area contributed by atoms with Crippen LogP contribution in [-0.4, -0.2) is 18.8 Å². The maximum atomic E-state index is 9.54. The molecule has 1 unspecified atom stereocenters. The summed E-state index contributed by atoms with van der Waals surface area (Å²) in [7, 11) is 1.54. The summed E-state index contributed by atoms with van der Waals surface area (Å²) in [5, 5.41) is 10.1. The predicted octanol–water partition coefficient (Wildman–Crippen LogP) is 1.65. The lowest BCUT2D eigenvalue weighted by molar-refractivity contribution is 0.186. The van der Waals surface area contributed by atoms with Gasteiger partial charge >= 0.3 is 0 Å². The highest BCUT2D eigenvalue weighted by molar-refractivity contribution is 6.32. The first-order chi connectivity index (χ1) is 6.60. The Kier molecular flexibility index (Phi) is 3.75. The molecule has 1 atom stereocenters. The second-order valence-electron chi connectivity index (χ2n) is 3.11. The molecular weight excluding hydrogens is 202 g/mol. The smallest absolute Gasteiger partial charge is 0.138 e. The van der Waals surface area contributed by atoms with Crippen LogP contribution in [0, 0.1) is 6.92 Å². The van der Waals surface area contributed by atoms with Gasteiger partial charge < -0.3 is 15.6 Å². The summed E-state index contributed by atoms with van der Waals surface area (Å²) < 4.78 is 5.08. The zero-order chi connectivity index (χ0) is 10.7. The first-order valence-electron chi connectivity index (χ1n) is 4.32. The van der Waals surface area contributed by atoms with Crippen LogP contribution >= 0.6 is 11.6 Å². The molecular formula is C10H14ClNO2. The molecule has 1 aromatic carbocycles. The number of benzene rings is 1. The van der Waals surface area contributed by atoms with E-state index in [0.29, 0.717) is 10.8 Å². The number of aliphatic hydroxyl groups excluding tert-OH is 1. The highest BCUT2D eigenvalue weighted by atomic mass is 35.5. The van der Waals surface area contributed by atoms with Crippen LogP contribution in [0.5, 0.6) is 5.75 Å². The van der Waals surface area contributed by atoms with Crippen molar-refractivity contribution in [3.63, 3.8) is 0 Å². The minimum absolute atomic E-state index is 0.185. The second kappa shape index (κ2) is 4.64. The van der Waals surface area contributed by atoms with E-state index in [-0.39, 0.29) is 6.54 Å². The van der Waals surface area contributed by atoms with Crippen molar-refractivity contribution < 1.29 is 9.84 Å². The first-order valence-corrected chi connectivity index (χ1v) is 4.70. The molecule has 0 fully saturated rings. The third-order valence-corrected chi connectivity index (χ3v) is 2.56. The van der Waals surface area contributed by atoms with Gasteiger partial charge in [0.15, 0.2) is 0 Å². The Morgan fingerprint density at radius 3 is 2.71 bits per heavy atom. The first kappa shape index (κ1) is 11.3. The van der Waals surface area contributed by atoms with Crippen LogP contribution in [0.3, 0.4) is 0 Å². The van der Waals surface area contributed by atoms with E-state index >= 15 is 0 Å². The van der Waals surface area contributed by atoms with Gasteiger partial charge in [0.25, 0.3) is 0 Å². The fourth-order valence-corrected chi connectivity index (χ4v) is 1.43. The number of rotatable bonds is 3. The number of ether oxygens (including phenoxy) is 1. The summed E-state index contributed by atoms with van der Waals surface area (Å²) >= 11 is 5.98. The Bertz CT molecular complexity index is 328. The molecule has 3 nitrogen and oxygen atoms in total. The third-order valence-electron chi connectivity index (χ3n) is 2.07. The number of hydrogen-bond acceptors (Lipinski definition) is 3. The average molecular weight is 216 g/mol. The van der Waals surface area contributed by atoms with E-state index in [9.17, 15) is 5.11 Å². The van der Waals surface area contributed by atoms with Crippen molar-refractivity contribution in [1.82, 2.24) is 0 Å². The minimum atomic E-state index is -0.667. The van der Waals surface area contributed by atoms with Crippen molar-refractivity contribution in [2.24, 2.45) is 5.73 Å². The Morgan fingerprint density at radius 2 is 2.21 bits per heavy atom. The lowest BCUT2D eigenvalue weighted by Crippen LogP contribution is -2.11. The van der Waals surface area contributed by atoms with E-state index in [1.807, 2.05) is 13.0 Å². The number of aliphatic hydroxyl groups is 1. The van der Waals surface area contributed by atoms with Crippen molar-refractivity contribution >= 4 is 11.6 Å². The van der Waals surface area contributed by atoms with Crippen LogP contribution < -0.4 is 10.5 Å². The van der Waals surface area contributed by atoms with Gasteiger partial charge in [-0.3, -0.25) is 0 Å². The van der Waals surface area contributed by atoms with Gasteiger partial charge in [-0.25, -0.2) is 0 Å². The van der Waals surface area contributed by atoms with Gasteiger partial charge in [-0.1, -0.05) is 17.7 Å². The lowest BCUT2D eigenvalue weighted by Gasteiger charge is -2.12. The van der Waals surface area contributed by atoms with Crippen LogP contribution in [0.15, 0.2) is 12.1 Å². The molecule has 1 rings (SSSR count). The van der Waals surface area contributed by atoms with Crippen molar-refractivity contribution in [1.29, 1.82) is 0 Å². The van der Waals surface area contributed by atoms with Gasteiger partial charge in [-0.2, -0.15) is 0 Å². The standard InChI is InChI=1S/C10H14ClNO2/c1-6-3-7(8(13)5-12)4-9(14-2)10(6)11/h3-4,8,13H,5,12H2,1-2H3. The van der Waals surface area contributed by atoms with E-state index in [1.54, 1.807) is 13.2 Å². The molecule has 0 aliphatic rings. The molecule has 0 bridgehead atoms. The van der Waals surface area contributed by atoms with Crippen LogP contribution in [0.2, 0.25) is 5.02 Å². The highest BCUT2D eigenvalue weighted by Gasteiger charge is 2.11. The van der Waals surface area contributed by atoms with Gasteiger partial charge in [0.2, 0.25) is 0 Å². The van der Waals surface area contributed by atoms with Crippen LogP contribution in [-0.2, 0) is 0 Å². The van der Waals surface area contributed by atoms with Crippen LogP contribution in [0.1, 0.15) is 17.2 Å². The van der Waals surface area contributed by atoms with Gasteiger partial charge in [-0.05, 0) is 24.1 Å². The van der Waals surface area contributed by atoms with Crippen molar-refractivity contribution in [3.05, 3.63) is 28.3 Å². The molecule has 0 amide bonds. The molecule has 4 heteroatoms. The van der Waals surface area contributed by atoms with Crippen molar-refractivity contribution in [3.8, 4) is 5.75 Å². The largest absolute Gasteiger partial charge is 0.495 e. The maximum absolute atomic E-state index is 9.54. The average Bonchev–Trinajstić information content (AvgIpc) is 2.20. The van der Waals surface area contributed by atoms with Crippen LogP contribution in [0.25, 0.3) is 0 Å². The Hall–Kier alpha value is -0.770. The predicted molar refractivity (Wildman–Crippen MR) is 56.8 cm³/mol. The molecule has 0 radical (unpaired) electrons. The minimum Gasteiger partial charge on any atom is -0.495 e. The van der Waals surface area contributed by atoms with Gasteiger partial charge in [0.1, 0.15) is 5.75 Å². The second-order valence-corrected chi connectivity index (χ2v) is 3.48. The summed E-state index contributed by atoms with van der Waals surface area (Å²) in [5.41, 5.74) is 6.96. The summed E-state index contributed by atoms with van der Waals surface area (Å²) in [6.07, 6.45) is -0.667. The molecule has 0 aliphatic carbocycles. The number of hydrogen-bond donors (Lipinski definition) is 2. The van der Waals surface area contributed by atoms with Gasteiger partial charge in [0.05, 0.1) is 18.2 Å². The molecule has 0 heterocycles. The van der Waals surface area contributed by atoms with E-state index < -0.39 is 6.10 Å². The molecule has 3 N–H and O–H groups in total. The summed E-state index contributed by atoms with van der Waals surface area (Å²) in [4.78, 5) is 0. The Labute approximate surface area is 88.4 Å². The monoisotopic (exact) mass is 215 g/mol. The Balaban J connectivity index is 3.16. The summed E-state index contributed by atoms with van der Waals surface area (Å²) in [5.74, 6) is 0.564. The topological polar surface area (TPSA) is 55.5 Å². The molecule has 1 aromatic rings. The number of halogens is 1. The zero-order valence-corrected chi connectivity index (χ0v) is 9.01. The molecule has 0 saturated carbocycles. The fraction of sp³-hybridized carbons (Fsp3) is 0.400. The number of aryl methyl sites for hydroxylation is 1. The fourth-order valence-electron chi connectivity index (χ4n) is 1.24. The van der Waals surface area contributed by atoms with E-state index in [0.717, 1.165) is 11.1 Å². The van der Waals surface area contributed by atoms with E-state index in [2.05, 4.69) is 0 Å². The summed E-state index contributed by atoms with van der Waals surface area (Å²) in [6.45, 7) is 2.04. The SMILES string of the molecule is COc1cc(C(O)CN)cc(C)c1Cl. The van der Waals surface area contributed by atoms with Crippen LogP contribution in [0.4, 0.5) is 0 Å². The normalized spacial score (nSPS) is 12.6. The van der Waals surface area contributed by atoms with Crippen molar-refractivity contribution in [2.75, 3.05) is 13.7 Å². The number of methoxy groups -OCH3 is 1. The molecule has 14 heavy (non-hydrogen) atoms. The molecule has 0 saturated heterocycles. The summed E-state index contributed by atoms with van der Waals surface area (Å²) in [6, 6.07) is 3.51. The van der Waals surface area contributed by atoms with Gasteiger partial charge in [0, 0.05) is 6.54 Å². The number of nitrogens with two attached hydrogens (primary N) is 1. The van der Waals surface area contributed by atoms with Gasteiger partial charge in [-0.15, -0.1) is 0 Å². The maximum Gasteiger partial charge on any atom is 0.138 e. The molecule has 0 aromatic heterocycles. The zero-order valence-electron chi connectivity index (χ0n) is 8.25. The van der Waals surface area contributed by atoms with Crippen molar-refractivity contribution in [2.45, 2.75) is 13.0 Å². The van der Waals surface area contributed by atoms with E-state index in [1.165, 1.54) is 0 Å². The molecule has 0 spiro atoms. The Morgan fingerprint density at radius 1 is 1.57 bits per heavy atom. The highest BCUT2D eigenvalue weighted by Crippen LogP contribution is 2.31. The molecule has 78 valence electrons. The van der Waals surface area contributed by atoms with E-state index in [4.69, 9.17) is 22.1 Å². The lowest BCUT2D eigenvalue weighted by atomic mass is 10.1. The molecule has 0 aliphatic heterocycles. The quantitative estimate of drug-likeness (QED) is 0.806. The third kappa shape index (κ3) is 2.18.